The van der Waals surface area contributed by atoms with Crippen molar-refractivity contribution in [2.24, 2.45) is 0 Å². The fourth-order valence-electron chi connectivity index (χ4n) is 4.79. The number of hydrogen-bond acceptors (Lipinski definition) is 3. The van der Waals surface area contributed by atoms with Crippen molar-refractivity contribution < 1.29 is 31.5 Å². The molecule has 0 fully saturated rings. The van der Waals surface area contributed by atoms with E-state index >= 15 is 0 Å². The summed E-state index contributed by atoms with van der Waals surface area (Å²) < 4.78 is 68.1. The van der Waals surface area contributed by atoms with Crippen molar-refractivity contribution in [2.75, 3.05) is 4.31 Å². The zero-order valence-electron chi connectivity index (χ0n) is 20.9. The number of carboxylic acids is 1. The molecule has 0 unspecified atom stereocenters. The van der Waals surface area contributed by atoms with E-state index in [0.717, 1.165) is 52.5 Å². The minimum atomic E-state index is -4.61. The van der Waals surface area contributed by atoms with Crippen LogP contribution < -0.4 is 4.31 Å². The highest BCUT2D eigenvalue weighted by Crippen LogP contribution is 2.47. The van der Waals surface area contributed by atoms with Crippen LogP contribution in [-0.2, 0) is 27.0 Å². The van der Waals surface area contributed by atoms with E-state index in [1.54, 1.807) is 6.07 Å². The molecule has 0 saturated heterocycles. The molecule has 4 rings (SSSR count). The lowest BCUT2D eigenvalue weighted by Crippen LogP contribution is -2.34. The minimum absolute atomic E-state index is 0.0241. The molecule has 0 bridgehead atoms. The first-order valence-corrected chi connectivity index (χ1v) is 13.2. The number of hydrogen-bond donors (Lipinski definition) is 1. The van der Waals surface area contributed by atoms with Gasteiger partial charge in [0.2, 0.25) is 0 Å². The van der Waals surface area contributed by atoms with Gasteiger partial charge in [-0.15, -0.1) is 0 Å². The van der Waals surface area contributed by atoms with Crippen LogP contribution in [0.4, 0.5) is 24.5 Å². The predicted octanol–water partition coefficient (Wildman–Crippen LogP) is 7.28. The molecule has 0 saturated carbocycles. The molecular weight excluding hydrogens is 503 g/mol. The van der Waals surface area contributed by atoms with Crippen LogP contribution in [0.1, 0.15) is 67.6 Å². The van der Waals surface area contributed by atoms with E-state index in [4.69, 9.17) is 0 Å². The number of carbonyl (C=O) groups is 1. The average Bonchev–Trinajstić information content (AvgIpc) is 2.82. The lowest BCUT2D eigenvalue weighted by Gasteiger charge is -2.42. The van der Waals surface area contributed by atoms with Gasteiger partial charge in [0.25, 0.3) is 10.0 Å². The molecule has 0 spiro atoms. The molecule has 1 N–H and O–H groups in total. The summed E-state index contributed by atoms with van der Waals surface area (Å²) in [5, 5.41) is 9.28. The maximum Gasteiger partial charge on any atom is 0.416 e. The molecule has 1 aliphatic carbocycles. The number of sulfonamides is 1. The first-order chi connectivity index (χ1) is 17.0. The molecule has 0 amide bonds. The van der Waals surface area contributed by atoms with Gasteiger partial charge >= 0.3 is 12.1 Å². The molecular formula is C28H28F3NO4S. The van der Waals surface area contributed by atoms with Gasteiger partial charge < -0.3 is 5.11 Å². The largest absolute Gasteiger partial charge is 0.478 e. The summed E-state index contributed by atoms with van der Waals surface area (Å²) in [4.78, 5) is 11.0. The summed E-state index contributed by atoms with van der Waals surface area (Å²) in [6.07, 6.45) is -2.74. The van der Waals surface area contributed by atoms with Crippen molar-refractivity contribution in [3.8, 4) is 0 Å². The van der Waals surface area contributed by atoms with Gasteiger partial charge in [-0.1, -0.05) is 33.8 Å². The summed E-state index contributed by atoms with van der Waals surface area (Å²) in [6, 6.07) is 14.1. The highest BCUT2D eigenvalue weighted by Gasteiger charge is 2.38. The van der Waals surface area contributed by atoms with Crippen molar-refractivity contribution in [1.82, 2.24) is 0 Å². The van der Waals surface area contributed by atoms with Crippen molar-refractivity contribution in [1.29, 1.82) is 0 Å². The zero-order valence-corrected chi connectivity index (χ0v) is 21.7. The molecule has 3 aromatic carbocycles. The van der Waals surface area contributed by atoms with Crippen LogP contribution in [-0.4, -0.2) is 19.5 Å². The molecule has 1 aliphatic rings. The van der Waals surface area contributed by atoms with Crippen LogP contribution in [0.25, 0.3) is 0 Å². The molecule has 0 aliphatic heterocycles. The van der Waals surface area contributed by atoms with E-state index in [-0.39, 0.29) is 27.0 Å². The predicted molar refractivity (Wildman–Crippen MR) is 136 cm³/mol. The molecule has 37 heavy (non-hydrogen) atoms. The summed E-state index contributed by atoms with van der Waals surface area (Å²) in [5.74, 6) is -1.17. The Labute approximate surface area is 214 Å². The van der Waals surface area contributed by atoms with Crippen LogP contribution >= 0.6 is 0 Å². The summed E-state index contributed by atoms with van der Waals surface area (Å²) >= 11 is 0. The normalized spacial score (nSPS) is 16.6. The third kappa shape index (κ3) is 4.97. The van der Waals surface area contributed by atoms with Gasteiger partial charge in [-0.2, -0.15) is 13.2 Å². The average molecular weight is 532 g/mol. The van der Waals surface area contributed by atoms with Gasteiger partial charge in [-0.3, -0.25) is 0 Å². The number of halogens is 3. The third-order valence-corrected chi connectivity index (χ3v) is 8.91. The lowest BCUT2D eigenvalue weighted by atomic mass is 9.63. The number of anilines is 2. The summed E-state index contributed by atoms with van der Waals surface area (Å²) in [5.41, 5.74) is 1.27. The molecule has 0 aromatic heterocycles. The number of nitrogens with zero attached hydrogens (tertiary/aromatic N) is 1. The molecule has 0 radical (unpaired) electrons. The number of carboxylic acid groups (broad SMARTS) is 1. The Morgan fingerprint density at radius 2 is 1.32 bits per heavy atom. The summed E-state index contributed by atoms with van der Waals surface area (Å²) in [6.45, 7) is 8.48. The van der Waals surface area contributed by atoms with Crippen LogP contribution in [0.2, 0.25) is 0 Å². The van der Waals surface area contributed by atoms with Gasteiger partial charge in [0.15, 0.2) is 0 Å². The zero-order chi connectivity index (χ0) is 27.4. The van der Waals surface area contributed by atoms with Gasteiger partial charge in [0.05, 0.1) is 27.4 Å². The van der Waals surface area contributed by atoms with Gasteiger partial charge in [-0.25, -0.2) is 17.5 Å². The van der Waals surface area contributed by atoms with Crippen molar-refractivity contribution in [3.63, 3.8) is 0 Å². The second kappa shape index (κ2) is 8.90. The summed E-state index contributed by atoms with van der Waals surface area (Å²) in [7, 11) is -4.38. The number of aromatic carboxylic acids is 1. The Balaban J connectivity index is 1.91. The Morgan fingerprint density at radius 1 is 0.811 bits per heavy atom. The molecule has 0 heterocycles. The first-order valence-electron chi connectivity index (χ1n) is 11.7. The fraction of sp³-hybridized carbons (Fsp3) is 0.321. The van der Waals surface area contributed by atoms with Crippen LogP contribution in [0, 0.1) is 0 Å². The van der Waals surface area contributed by atoms with Gasteiger partial charge in [0.1, 0.15) is 0 Å². The Morgan fingerprint density at radius 3 is 1.84 bits per heavy atom. The number of rotatable bonds is 5. The van der Waals surface area contributed by atoms with E-state index in [1.807, 2.05) is 12.1 Å². The topological polar surface area (TPSA) is 74.7 Å². The number of benzene rings is 3. The SMILES string of the molecule is CC1(C)CCC(C)(C)c2cc(N(c3ccc(C(=O)O)cc3)S(=O)(=O)c3ccc(C(F)(F)F)cc3)ccc21. The van der Waals surface area contributed by atoms with Crippen molar-refractivity contribution >= 4 is 27.4 Å². The van der Waals surface area contributed by atoms with Crippen LogP contribution in [0.15, 0.2) is 71.6 Å². The van der Waals surface area contributed by atoms with Gasteiger partial charge in [-0.05, 0) is 95.5 Å². The highest BCUT2D eigenvalue weighted by molar-refractivity contribution is 7.93. The Bertz CT molecular complexity index is 1440. The minimum Gasteiger partial charge on any atom is -0.478 e. The van der Waals surface area contributed by atoms with E-state index in [9.17, 15) is 31.5 Å². The van der Waals surface area contributed by atoms with E-state index in [2.05, 4.69) is 27.7 Å². The molecule has 196 valence electrons. The molecule has 3 aromatic rings. The Hall–Kier alpha value is -3.33. The van der Waals surface area contributed by atoms with Crippen molar-refractivity contribution in [3.05, 3.63) is 89.0 Å². The number of alkyl halides is 3. The van der Waals surface area contributed by atoms with Crippen LogP contribution in [0.5, 0.6) is 0 Å². The molecule has 5 nitrogen and oxygen atoms in total. The Kier molecular flexibility index (Phi) is 6.43. The first kappa shape index (κ1) is 26.7. The molecule has 9 heteroatoms. The second-order valence-corrected chi connectivity index (χ2v) is 12.4. The third-order valence-electron chi connectivity index (χ3n) is 7.14. The van der Waals surface area contributed by atoms with E-state index in [1.165, 1.54) is 24.3 Å². The van der Waals surface area contributed by atoms with Crippen LogP contribution in [0.3, 0.4) is 0 Å². The lowest BCUT2D eigenvalue weighted by molar-refractivity contribution is -0.137. The van der Waals surface area contributed by atoms with Crippen molar-refractivity contribution in [2.45, 2.75) is 62.4 Å². The fourth-order valence-corrected chi connectivity index (χ4v) is 6.27. The standard InChI is InChI=1S/C28H28F3NO4S/c1-26(2)15-16-27(3,4)24-17-21(11-14-23(24)26)32(20-9-5-18(6-10-20)25(33)34)37(35,36)22-12-7-19(8-13-22)28(29,30)31/h5-14,17H,15-16H2,1-4H3,(H,33,34). The highest BCUT2D eigenvalue weighted by atomic mass is 32.2. The maximum absolute atomic E-state index is 13.9. The van der Waals surface area contributed by atoms with E-state index in [0.29, 0.717) is 5.69 Å². The van der Waals surface area contributed by atoms with E-state index < -0.39 is 27.7 Å². The monoisotopic (exact) mass is 531 g/mol. The van der Waals surface area contributed by atoms with Gasteiger partial charge in [0, 0.05) is 0 Å². The molecule has 0 atom stereocenters. The maximum atomic E-state index is 13.9. The quantitative estimate of drug-likeness (QED) is 0.375. The smallest absolute Gasteiger partial charge is 0.416 e. The second-order valence-electron chi connectivity index (χ2n) is 10.6. The number of fused-ring (bicyclic) bond motifs is 1.